The zero-order valence-corrected chi connectivity index (χ0v) is 12.8. The highest BCUT2D eigenvalue weighted by Crippen LogP contribution is 2.16. The summed E-state index contributed by atoms with van der Waals surface area (Å²) in [5.74, 6) is 0.867. The molecule has 0 atom stereocenters. The standard InChI is InChI=1S/C19H16ClNO/c20-19-8-4-7-17(21-19)13-15-9-11-18(12-10-15)22-14-16-5-2-1-3-6-16/h1-12H,13-14H2. The van der Waals surface area contributed by atoms with Crippen LogP contribution in [0.15, 0.2) is 72.8 Å². The summed E-state index contributed by atoms with van der Waals surface area (Å²) in [7, 11) is 0. The number of pyridine rings is 1. The van der Waals surface area contributed by atoms with Crippen LogP contribution >= 0.6 is 11.6 Å². The van der Waals surface area contributed by atoms with E-state index in [1.807, 2.05) is 42.5 Å². The van der Waals surface area contributed by atoms with Gasteiger partial charge in [0.05, 0.1) is 0 Å². The van der Waals surface area contributed by atoms with E-state index in [-0.39, 0.29) is 0 Å². The number of hydrogen-bond acceptors (Lipinski definition) is 2. The smallest absolute Gasteiger partial charge is 0.129 e. The van der Waals surface area contributed by atoms with E-state index in [1.54, 1.807) is 6.07 Å². The fourth-order valence-corrected chi connectivity index (χ4v) is 2.38. The topological polar surface area (TPSA) is 22.1 Å². The highest BCUT2D eigenvalue weighted by atomic mass is 35.5. The molecule has 22 heavy (non-hydrogen) atoms. The number of aromatic nitrogens is 1. The quantitative estimate of drug-likeness (QED) is 0.625. The molecule has 3 aromatic rings. The summed E-state index contributed by atoms with van der Waals surface area (Å²) in [6.45, 7) is 0.579. The fraction of sp³-hybridized carbons (Fsp3) is 0.105. The molecule has 1 heterocycles. The highest BCUT2D eigenvalue weighted by molar-refractivity contribution is 6.29. The van der Waals surface area contributed by atoms with Gasteiger partial charge in [-0.05, 0) is 35.4 Å². The van der Waals surface area contributed by atoms with Crippen LogP contribution in [0.2, 0.25) is 5.15 Å². The lowest BCUT2D eigenvalue weighted by molar-refractivity contribution is 0.306. The molecule has 0 aliphatic rings. The van der Waals surface area contributed by atoms with Crippen LogP contribution in [0.1, 0.15) is 16.8 Å². The van der Waals surface area contributed by atoms with Crippen molar-refractivity contribution < 1.29 is 4.74 Å². The van der Waals surface area contributed by atoms with Crippen molar-refractivity contribution in [3.8, 4) is 5.75 Å². The van der Waals surface area contributed by atoms with Gasteiger partial charge in [-0.3, -0.25) is 0 Å². The van der Waals surface area contributed by atoms with Gasteiger partial charge in [-0.2, -0.15) is 0 Å². The molecule has 0 amide bonds. The van der Waals surface area contributed by atoms with Crippen LogP contribution in [0.3, 0.4) is 0 Å². The molecule has 0 spiro atoms. The Morgan fingerprint density at radius 2 is 1.55 bits per heavy atom. The second-order valence-electron chi connectivity index (χ2n) is 5.05. The summed E-state index contributed by atoms with van der Waals surface area (Å²) in [6.07, 6.45) is 0.763. The Bertz CT molecular complexity index is 726. The van der Waals surface area contributed by atoms with Crippen LogP contribution in [-0.4, -0.2) is 4.98 Å². The summed E-state index contributed by atoms with van der Waals surface area (Å²) in [4.78, 5) is 4.30. The average Bonchev–Trinajstić information content (AvgIpc) is 2.55. The molecule has 0 aliphatic carbocycles. The van der Waals surface area contributed by atoms with E-state index in [4.69, 9.17) is 16.3 Å². The highest BCUT2D eigenvalue weighted by Gasteiger charge is 2.00. The second-order valence-corrected chi connectivity index (χ2v) is 5.43. The monoisotopic (exact) mass is 309 g/mol. The summed E-state index contributed by atoms with van der Waals surface area (Å²) in [5, 5.41) is 0.528. The minimum atomic E-state index is 0.528. The predicted octanol–water partition coefficient (Wildman–Crippen LogP) is 4.90. The number of rotatable bonds is 5. The average molecular weight is 310 g/mol. The Hall–Kier alpha value is -2.32. The molecule has 1 aromatic heterocycles. The first-order valence-corrected chi connectivity index (χ1v) is 7.54. The van der Waals surface area contributed by atoms with Gasteiger partial charge in [0.2, 0.25) is 0 Å². The number of benzene rings is 2. The van der Waals surface area contributed by atoms with Gasteiger partial charge in [-0.1, -0.05) is 60.1 Å². The number of ether oxygens (including phenoxy) is 1. The van der Waals surface area contributed by atoms with Crippen LogP contribution in [0.5, 0.6) is 5.75 Å². The molecule has 0 fully saturated rings. The van der Waals surface area contributed by atoms with Gasteiger partial charge in [0.15, 0.2) is 0 Å². The molecule has 0 aliphatic heterocycles. The molecule has 0 saturated heterocycles. The first-order chi connectivity index (χ1) is 10.8. The SMILES string of the molecule is Clc1cccc(Cc2ccc(OCc3ccccc3)cc2)n1. The van der Waals surface area contributed by atoms with Gasteiger partial charge in [-0.25, -0.2) is 4.98 Å². The lowest BCUT2D eigenvalue weighted by atomic mass is 10.1. The molecular formula is C19H16ClNO. The van der Waals surface area contributed by atoms with Crippen molar-refractivity contribution in [2.75, 3.05) is 0 Å². The minimum Gasteiger partial charge on any atom is -0.489 e. The van der Waals surface area contributed by atoms with Gasteiger partial charge < -0.3 is 4.74 Å². The minimum absolute atomic E-state index is 0.528. The molecule has 0 unspecified atom stereocenters. The van der Waals surface area contributed by atoms with Crippen molar-refractivity contribution in [3.63, 3.8) is 0 Å². The van der Waals surface area contributed by atoms with Crippen molar-refractivity contribution in [2.24, 2.45) is 0 Å². The third-order valence-electron chi connectivity index (χ3n) is 3.33. The zero-order valence-electron chi connectivity index (χ0n) is 12.1. The van der Waals surface area contributed by atoms with E-state index < -0.39 is 0 Å². The van der Waals surface area contributed by atoms with Gasteiger partial charge in [0, 0.05) is 12.1 Å². The third-order valence-corrected chi connectivity index (χ3v) is 3.54. The van der Waals surface area contributed by atoms with Gasteiger partial charge in [0.25, 0.3) is 0 Å². The van der Waals surface area contributed by atoms with Crippen LogP contribution < -0.4 is 4.74 Å². The lowest BCUT2D eigenvalue weighted by Gasteiger charge is -2.07. The Balaban J connectivity index is 1.60. The van der Waals surface area contributed by atoms with Gasteiger partial charge >= 0.3 is 0 Å². The molecule has 110 valence electrons. The Morgan fingerprint density at radius 3 is 2.27 bits per heavy atom. The first kappa shape index (κ1) is 14.6. The first-order valence-electron chi connectivity index (χ1n) is 7.17. The van der Waals surface area contributed by atoms with Crippen LogP contribution in [0.4, 0.5) is 0 Å². The zero-order chi connectivity index (χ0) is 15.2. The van der Waals surface area contributed by atoms with E-state index in [1.165, 1.54) is 5.56 Å². The van der Waals surface area contributed by atoms with E-state index >= 15 is 0 Å². The van der Waals surface area contributed by atoms with E-state index in [0.717, 1.165) is 23.4 Å². The van der Waals surface area contributed by atoms with E-state index in [0.29, 0.717) is 11.8 Å². The summed E-state index contributed by atoms with van der Waals surface area (Å²) < 4.78 is 5.78. The molecule has 0 N–H and O–H groups in total. The van der Waals surface area contributed by atoms with E-state index in [2.05, 4.69) is 29.2 Å². The number of halogens is 1. The van der Waals surface area contributed by atoms with Crippen molar-refractivity contribution >= 4 is 11.6 Å². The number of nitrogens with zero attached hydrogens (tertiary/aromatic N) is 1. The van der Waals surface area contributed by atoms with Crippen molar-refractivity contribution in [1.82, 2.24) is 4.98 Å². The summed E-state index contributed by atoms with van der Waals surface area (Å²) in [6, 6.07) is 23.9. The normalized spacial score (nSPS) is 10.4. The Labute approximate surface area is 135 Å². The molecule has 2 aromatic carbocycles. The molecule has 0 bridgehead atoms. The van der Waals surface area contributed by atoms with Crippen molar-refractivity contribution in [3.05, 3.63) is 94.8 Å². The summed E-state index contributed by atoms with van der Waals surface area (Å²) in [5.41, 5.74) is 3.31. The maximum Gasteiger partial charge on any atom is 0.129 e. The maximum atomic E-state index is 5.90. The Kier molecular flexibility index (Phi) is 4.71. The molecule has 3 heteroatoms. The van der Waals surface area contributed by atoms with Gasteiger partial charge in [-0.15, -0.1) is 0 Å². The predicted molar refractivity (Wildman–Crippen MR) is 89.3 cm³/mol. The maximum absolute atomic E-state index is 5.90. The van der Waals surface area contributed by atoms with E-state index in [9.17, 15) is 0 Å². The van der Waals surface area contributed by atoms with Crippen LogP contribution in [0.25, 0.3) is 0 Å². The third kappa shape index (κ3) is 4.09. The Morgan fingerprint density at radius 1 is 0.773 bits per heavy atom. The largest absolute Gasteiger partial charge is 0.489 e. The number of hydrogen-bond donors (Lipinski definition) is 0. The van der Waals surface area contributed by atoms with Crippen LogP contribution in [-0.2, 0) is 13.0 Å². The molecule has 3 rings (SSSR count). The molecule has 0 saturated carbocycles. The molecule has 2 nitrogen and oxygen atoms in total. The second kappa shape index (κ2) is 7.10. The molecular weight excluding hydrogens is 294 g/mol. The van der Waals surface area contributed by atoms with Crippen molar-refractivity contribution in [2.45, 2.75) is 13.0 Å². The summed E-state index contributed by atoms with van der Waals surface area (Å²) >= 11 is 5.90. The van der Waals surface area contributed by atoms with Gasteiger partial charge in [0.1, 0.15) is 17.5 Å². The van der Waals surface area contributed by atoms with Crippen LogP contribution in [0, 0.1) is 0 Å². The van der Waals surface area contributed by atoms with Crippen molar-refractivity contribution in [1.29, 1.82) is 0 Å². The fourth-order valence-electron chi connectivity index (χ4n) is 2.20. The molecule has 0 radical (unpaired) electrons. The lowest BCUT2D eigenvalue weighted by Crippen LogP contribution is -1.96.